The fourth-order valence-corrected chi connectivity index (χ4v) is 3.32. The first-order valence-corrected chi connectivity index (χ1v) is 8.93. The molecule has 7 heteroatoms. The van der Waals surface area contributed by atoms with Crippen LogP contribution in [0.3, 0.4) is 0 Å². The van der Waals surface area contributed by atoms with Crippen molar-refractivity contribution < 1.29 is 4.52 Å². The van der Waals surface area contributed by atoms with Crippen LogP contribution in [0.15, 0.2) is 22.0 Å². The van der Waals surface area contributed by atoms with E-state index in [1.807, 2.05) is 29.2 Å². The molecule has 0 unspecified atom stereocenters. The minimum absolute atomic E-state index is 0.362. The SMILES string of the molecule is Cc1nn(C)c(C)c1CN(Cc1nc(-c2cccs2)no1)C(C)C. The summed E-state index contributed by atoms with van der Waals surface area (Å²) >= 11 is 1.61. The third-order valence-corrected chi connectivity index (χ3v) is 5.16. The summed E-state index contributed by atoms with van der Waals surface area (Å²) in [4.78, 5) is 7.89. The molecule has 3 heterocycles. The largest absolute Gasteiger partial charge is 0.338 e. The summed E-state index contributed by atoms with van der Waals surface area (Å²) in [6.07, 6.45) is 0. The van der Waals surface area contributed by atoms with E-state index in [-0.39, 0.29) is 0 Å². The predicted molar refractivity (Wildman–Crippen MR) is 94.7 cm³/mol. The minimum atomic E-state index is 0.362. The predicted octanol–water partition coefficient (Wildman–Crippen LogP) is 3.56. The number of rotatable bonds is 6. The van der Waals surface area contributed by atoms with E-state index in [9.17, 15) is 0 Å². The lowest BCUT2D eigenvalue weighted by Crippen LogP contribution is -2.30. The molecule has 3 rings (SSSR count). The molecular weight excluding hydrogens is 322 g/mol. The average Bonchev–Trinajstić information content (AvgIpc) is 3.24. The minimum Gasteiger partial charge on any atom is -0.338 e. The molecule has 0 saturated carbocycles. The molecule has 128 valence electrons. The quantitative estimate of drug-likeness (QED) is 0.683. The molecule has 6 nitrogen and oxygen atoms in total. The van der Waals surface area contributed by atoms with Gasteiger partial charge in [0.05, 0.1) is 17.1 Å². The highest BCUT2D eigenvalue weighted by Crippen LogP contribution is 2.23. The van der Waals surface area contributed by atoms with E-state index in [0.717, 1.165) is 17.1 Å². The van der Waals surface area contributed by atoms with Crippen LogP contribution in [0.4, 0.5) is 0 Å². The number of thiophene rings is 1. The van der Waals surface area contributed by atoms with E-state index in [4.69, 9.17) is 4.52 Å². The van der Waals surface area contributed by atoms with E-state index in [1.54, 1.807) is 11.3 Å². The van der Waals surface area contributed by atoms with Gasteiger partial charge in [-0.05, 0) is 39.1 Å². The summed E-state index contributed by atoms with van der Waals surface area (Å²) in [5.41, 5.74) is 3.54. The molecule has 0 aliphatic heterocycles. The average molecular weight is 345 g/mol. The monoisotopic (exact) mass is 345 g/mol. The molecule has 0 amide bonds. The van der Waals surface area contributed by atoms with Gasteiger partial charge in [0.1, 0.15) is 0 Å². The van der Waals surface area contributed by atoms with Gasteiger partial charge in [0.15, 0.2) is 0 Å². The highest BCUT2D eigenvalue weighted by atomic mass is 32.1. The molecule has 24 heavy (non-hydrogen) atoms. The fraction of sp³-hybridized carbons (Fsp3) is 0.471. The maximum Gasteiger partial charge on any atom is 0.241 e. The molecular formula is C17H23N5OS. The molecule has 0 aromatic carbocycles. The zero-order valence-corrected chi connectivity index (χ0v) is 15.6. The second kappa shape index (κ2) is 6.86. The Morgan fingerprint density at radius 3 is 2.67 bits per heavy atom. The van der Waals surface area contributed by atoms with Crippen molar-refractivity contribution >= 4 is 11.3 Å². The lowest BCUT2D eigenvalue weighted by molar-refractivity contribution is 0.176. The van der Waals surface area contributed by atoms with E-state index >= 15 is 0 Å². The van der Waals surface area contributed by atoms with Crippen molar-refractivity contribution in [2.24, 2.45) is 7.05 Å². The second-order valence-electron chi connectivity index (χ2n) is 6.26. The Labute approximate surface area is 146 Å². The summed E-state index contributed by atoms with van der Waals surface area (Å²) in [6, 6.07) is 4.35. The number of aromatic nitrogens is 4. The van der Waals surface area contributed by atoms with E-state index in [2.05, 4.69) is 47.8 Å². The van der Waals surface area contributed by atoms with Gasteiger partial charge in [-0.25, -0.2) is 0 Å². The molecule has 0 fully saturated rings. The van der Waals surface area contributed by atoms with Gasteiger partial charge < -0.3 is 4.52 Å². The number of hydrogen-bond donors (Lipinski definition) is 0. The van der Waals surface area contributed by atoms with Gasteiger partial charge in [0, 0.05) is 30.9 Å². The molecule has 0 spiro atoms. The van der Waals surface area contributed by atoms with Crippen molar-refractivity contribution in [1.29, 1.82) is 0 Å². The van der Waals surface area contributed by atoms with Crippen molar-refractivity contribution in [1.82, 2.24) is 24.8 Å². The van der Waals surface area contributed by atoms with E-state index in [0.29, 0.717) is 24.3 Å². The number of aryl methyl sites for hydroxylation is 2. The van der Waals surface area contributed by atoms with Gasteiger partial charge in [0.2, 0.25) is 11.7 Å². The van der Waals surface area contributed by atoms with Gasteiger partial charge in [-0.1, -0.05) is 11.2 Å². The zero-order valence-electron chi connectivity index (χ0n) is 14.8. The Balaban J connectivity index is 1.77. The van der Waals surface area contributed by atoms with Crippen LogP contribution >= 0.6 is 11.3 Å². The summed E-state index contributed by atoms with van der Waals surface area (Å²) in [5, 5.41) is 10.6. The van der Waals surface area contributed by atoms with Gasteiger partial charge in [0.25, 0.3) is 0 Å². The topological polar surface area (TPSA) is 60.0 Å². The standard InChI is InChI=1S/C17H23N5OS/c1-11(2)22(9-14-12(3)19-21(5)13(14)4)10-16-18-17(20-23-16)15-7-6-8-24-15/h6-8,11H,9-10H2,1-5H3. The second-order valence-corrected chi connectivity index (χ2v) is 7.21. The number of hydrogen-bond acceptors (Lipinski definition) is 6. The van der Waals surface area contributed by atoms with Gasteiger partial charge in [-0.2, -0.15) is 10.1 Å². The zero-order chi connectivity index (χ0) is 17.3. The third kappa shape index (κ3) is 3.42. The Morgan fingerprint density at radius 2 is 2.08 bits per heavy atom. The molecule has 0 radical (unpaired) electrons. The Morgan fingerprint density at radius 1 is 1.29 bits per heavy atom. The van der Waals surface area contributed by atoms with Crippen LogP contribution in [-0.4, -0.2) is 30.9 Å². The molecule has 0 saturated heterocycles. The Hall–Kier alpha value is -1.99. The maximum absolute atomic E-state index is 5.46. The summed E-state index contributed by atoms with van der Waals surface area (Å²) in [6.45, 7) is 9.97. The van der Waals surface area contributed by atoms with Crippen molar-refractivity contribution in [2.45, 2.75) is 46.8 Å². The molecule has 3 aromatic heterocycles. The molecule has 3 aromatic rings. The highest BCUT2D eigenvalue weighted by Gasteiger charge is 2.19. The lowest BCUT2D eigenvalue weighted by atomic mass is 10.1. The van der Waals surface area contributed by atoms with Crippen LogP contribution in [0, 0.1) is 13.8 Å². The smallest absolute Gasteiger partial charge is 0.241 e. The normalized spacial score (nSPS) is 11.8. The Kier molecular flexibility index (Phi) is 4.82. The van der Waals surface area contributed by atoms with E-state index < -0.39 is 0 Å². The van der Waals surface area contributed by atoms with Crippen molar-refractivity contribution in [3.63, 3.8) is 0 Å². The van der Waals surface area contributed by atoms with Gasteiger partial charge in [-0.15, -0.1) is 11.3 Å². The summed E-state index contributed by atoms with van der Waals surface area (Å²) < 4.78 is 7.39. The van der Waals surface area contributed by atoms with Crippen LogP contribution < -0.4 is 0 Å². The van der Waals surface area contributed by atoms with Gasteiger partial charge >= 0.3 is 0 Å². The van der Waals surface area contributed by atoms with Crippen molar-refractivity contribution in [3.8, 4) is 10.7 Å². The van der Waals surface area contributed by atoms with Crippen LogP contribution in [0.1, 0.15) is 36.7 Å². The van der Waals surface area contributed by atoms with Crippen molar-refractivity contribution in [2.75, 3.05) is 0 Å². The first kappa shape index (κ1) is 16.9. The Bertz CT molecular complexity index is 803. The fourth-order valence-electron chi connectivity index (χ4n) is 2.67. The maximum atomic E-state index is 5.46. The number of nitrogens with zero attached hydrogens (tertiary/aromatic N) is 5. The van der Waals surface area contributed by atoms with Crippen molar-refractivity contribution in [3.05, 3.63) is 40.4 Å². The first-order valence-electron chi connectivity index (χ1n) is 8.05. The van der Waals surface area contributed by atoms with Crippen LogP contribution in [-0.2, 0) is 20.1 Å². The first-order chi connectivity index (χ1) is 11.5. The lowest BCUT2D eigenvalue weighted by Gasteiger charge is -2.24. The highest BCUT2D eigenvalue weighted by molar-refractivity contribution is 7.13. The molecule has 0 bridgehead atoms. The molecule has 0 aliphatic rings. The molecule has 0 N–H and O–H groups in total. The van der Waals surface area contributed by atoms with Crippen LogP contribution in [0.2, 0.25) is 0 Å². The van der Waals surface area contributed by atoms with Gasteiger partial charge in [-0.3, -0.25) is 9.58 Å². The van der Waals surface area contributed by atoms with Crippen LogP contribution in [0.5, 0.6) is 0 Å². The third-order valence-electron chi connectivity index (χ3n) is 4.30. The molecule has 0 atom stereocenters. The van der Waals surface area contributed by atoms with E-state index in [1.165, 1.54) is 11.3 Å². The summed E-state index contributed by atoms with van der Waals surface area (Å²) in [7, 11) is 1.98. The molecule has 0 aliphatic carbocycles. The van der Waals surface area contributed by atoms with Crippen LogP contribution in [0.25, 0.3) is 10.7 Å². The summed E-state index contributed by atoms with van der Waals surface area (Å²) in [5.74, 6) is 1.31.